The van der Waals surface area contributed by atoms with Gasteiger partial charge in [0.15, 0.2) is 9.84 Å². The number of anilines is 1. The fourth-order valence-electron chi connectivity index (χ4n) is 4.11. The molecule has 1 aliphatic carbocycles. The number of hydrogen-bond acceptors (Lipinski definition) is 6. The molecule has 138 valence electrons. The van der Waals surface area contributed by atoms with Crippen LogP contribution >= 0.6 is 0 Å². The normalized spacial score (nSPS) is 22.3. The molecule has 2 aliphatic rings. The third kappa shape index (κ3) is 3.64. The van der Waals surface area contributed by atoms with Crippen LogP contribution in [0, 0.1) is 10.1 Å². The van der Waals surface area contributed by atoms with Crippen molar-refractivity contribution in [2.24, 2.45) is 0 Å². The first kappa shape index (κ1) is 18.1. The van der Waals surface area contributed by atoms with Crippen molar-refractivity contribution in [3.05, 3.63) is 28.3 Å². The van der Waals surface area contributed by atoms with E-state index in [1.165, 1.54) is 6.07 Å². The molecule has 0 N–H and O–H groups in total. The van der Waals surface area contributed by atoms with Crippen LogP contribution in [0.25, 0.3) is 0 Å². The van der Waals surface area contributed by atoms with Crippen molar-refractivity contribution in [1.82, 2.24) is 0 Å². The topological polar surface area (TPSA) is 89.8 Å². The summed E-state index contributed by atoms with van der Waals surface area (Å²) in [5, 5.41) is 11.6. The Morgan fingerprint density at radius 1 is 1.20 bits per heavy atom. The minimum atomic E-state index is -3.50. The lowest BCUT2D eigenvalue weighted by molar-refractivity contribution is -0.384. The summed E-state index contributed by atoms with van der Waals surface area (Å²) in [6.07, 6.45) is 5.14. The van der Waals surface area contributed by atoms with Gasteiger partial charge in [0.1, 0.15) is 5.69 Å². The Balaban J connectivity index is 2.04. The predicted octanol–water partition coefficient (Wildman–Crippen LogP) is 2.93. The van der Waals surface area contributed by atoms with Gasteiger partial charge >= 0.3 is 0 Å². The molecule has 7 nitrogen and oxygen atoms in total. The highest BCUT2D eigenvalue weighted by molar-refractivity contribution is 7.90. The van der Waals surface area contributed by atoms with Crippen LogP contribution in [-0.4, -0.2) is 43.9 Å². The van der Waals surface area contributed by atoms with Crippen molar-refractivity contribution in [1.29, 1.82) is 0 Å². The summed E-state index contributed by atoms with van der Waals surface area (Å²) in [5.41, 5.74) is -0.411. The first-order valence-electron chi connectivity index (χ1n) is 8.45. The summed E-state index contributed by atoms with van der Waals surface area (Å²) in [4.78, 5) is 13.0. The van der Waals surface area contributed by atoms with Gasteiger partial charge in [-0.25, -0.2) is 8.42 Å². The van der Waals surface area contributed by atoms with Gasteiger partial charge in [-0.1, -0.05) is 12.8 Å². The summed E-state index contributed by atoms with van der Waals surface area (Å²) in [7, 11) is -3.50. The van der Waals surface area contributed by atoms with Crippen molar-refractivity contribution >= 4 is 21.2 Å². The molecule has 0 radical (unpaired) electrons. The van der Waals surface area contributed by atoms with Crippen molar-refractivity contribution in [3.8, 4) is 0 Å². The van der Waals surface area contributed by atoms with Crippen LogP contribution in [0.3, 0.4) is 0 Å². The third-order valence-corrected chi connectivity index (χ3v) is 6.08. The molecule has 0 bridgehead atoms. The second-order valence-electron chi connectivity index (χ2n) is 7.79. The molecule has 1 aliphatic heterocycles. The third-order valence-electron chi connectivity index (χ3n) is 4.97. The molecule has 2 fully saturated rings. The van der Waals surface area contributed by atoms with E-state index in [-0.39, 0.29) is 16.2 Å². The maximum Gasteiger partial charge on any atom is 0.293 e. The molecule has 8 heteroatoms. The highest BCUT2D eigenvalue weighted by Gasteiger charge is 2.46. The zero-order chi connectivity index (χ0) is 18.5. The van der Waals surface area contributed by atoms with Crippen molar-refractivity contribution < 1.29 is 18.1 Å². The number of nitrogens with zero attached hydrogens (tertiary/aromatic N) is 2. The molecule has 1 aromatic carbocycles. The lowest BCUT2D eigenvalue weighted by Gasteiger charge is -2.49. The number of ether oxygens (including phenoxy) is 1. The van der Waals surface area contributed by atoms with Gasteiger partial charge in [-0.2, -0.15) is 0 Å². The molecule has 0 aromatic heterocycles. The van der Waals surface area contributed by atoms with Gasteiger partial charge in [0, 0.05) is 25.4 Å². The van der Waals surface area contributed by atoms with Gasteiger partial charge in [0.25, 0.3) is 5.69 Å². The second kappa shape index (κ2) is 5.95. The maximum atomic E-state index is 11.7. The summed E-state index contributed by atoms with van der Waals surface area (Å²) >= 11 is 0. The van der Waals surface area contributed by atoms with E-state index >= 15 is 0 Å². The number of benzene rings is 1. The minimum absolute atomic E-state index is 0.0361. The first-order valence-corrected chi connectivity index (χ1v) is 10.3. The Morgan fingerprint density at radius 2 is 1.84 bits per heavy atom. The average molecular weight is 368 g/mol. The standard InChI is InChI=1S/C17H24N2O5S/c1-16(2)11-18(12-17(24-16)8-4-5-9-17)14-7-6-13(25(3,22)23)10-15(14)19(20)21/h6-7,10H,4-5,8-9,11-12H2,1-3H3. The number of sulfone groups is 1. The van der Waals surface area contributed by atoms with Gasteiger partial charge in [0.2, 0.25) is 0 Å². The van der Waals surface area contributed by atoms with Gasteiger partial charge in [-0.05, 0) is 38.8 Å². The van der Waals surface area contributed by atoms with Crippen LogP contribution in [0.4, 0.5) is 11.4 Å². The van der Waals surface area contributed by atoms with E-state index in [4.69, 9.17) is 4.74 Å². The Kier molecular flexibility index (Phi) is 4.31. The molecular weight excluding hydrogens is 344 g/mol. The fourth-order valence-corrected chi connectivity index (χ4v) is 4.75. The van der Waals surface area contributed by atoms with E-state index in [2.05, 4.69) is 0 Å². The van der Waals surface area contributed by atoms with E-state index in [0.29, 0.717) is 18.8 Å². The van der Waals surface area contributed by atoms with Gasteiger partial charge < -0.3 is 9.64 Å². The summed E-state index contributed by atoms with van der Waals surface area (Å²) in [5.74, 6) is 0. The molecule has 0 atom stereocenters. The Hall–Kier alpha value is -1.67. The molecular formula is C17H24N2O5S. The highest BCUT2D eigenvalue weighted by Crippen LogP contribution is 2.43. The molecule has 3 rings (SSSR count). The van der Waals surface area contributed by atoms with Crippen molar-refractivity contribution in [3.63, 3.8) is 0 Å². The predicted molar refractivity (Wildman–Crippen MR) is 94.8 cm³/mol. The Morgan fingerprint density at radius 3 is 2.40 bits per heavy atom. The molecule has 25 heavy (non-hydrogen) atoms. The summed E-state index contributed by atoms with van der Waals surface area (Å²) in [6, 6.07) is 4.16. The van der Waals surface area contributed by atoms with Crippen LogP contribution in [0.1, 0.15) is 39.5 Å². The smallest absolute Gasteiger partial charge is 0.293 e. The molecule has 1 saturated heterocycles. The number of rotatable bonds is 3. The van der Waals surface area contributed by atoms with E-state index < -0.39 is 20.4 Å². The molecule has 0 amide bonds. The Labute approximate surface area is 148 Å². The summed E-state index contributed by atoms with van der Waals surface area (Å²) < 4.78 is 29.8. The van der Waals surface area contributed by atoms with Gasteiger partial charge in [0.05, 0.1) is 21.0 Å². The highest BCUT2D eigenvalue weighted by atomic mass is 32.2. The molecule has 1 aromatic rings. The fraction of sp³-hybridized carbons (Fsp3) is 0.647. The van der Waals surface area contributed by atoms with Crippen LogP contribution in [-0.2, 0) is 14.6 Å². The molecule has 1 saturated carbocycles. The molecule has 0 unspecified atom stereocenters. The van der Waals surface area contributed by atoms with E-state index in [1.54, 1.807) is 6.07 Å². The lowest BCUT2D eigenvalue weighted by atomic mass is 9.93. The maximum absolute atomic E-state index is 11.7. The van der Waals surface area contributed by atoms with Gasteiger partial charge in [-0.15, -0.1) is 0 Å². The van der Waals surface area contributed by atoms with E-state index in [0.717, 1.165) is 38.0 Å². The lowest BCUT2D eigenvalue weighted by Crippen LogP contribution is -2.58. The van der Waals surface area contributed by atoms with Crippen molar-refractivity contribution in [2.45, 2.75) is 55.6 Å². The van der Waals surface area contributed by atoms with Crippen molar-refractivity contribution in [2.75, 3.05) is 24.2 Å². The van der Waals surface area contributed by atoms with Gasteiger partial charge in [-0.3, -0.25) is 10.1 Å². The monoisotopic (exact) mass is 368 g/mol. The zero-order valence-electron chi connectivity index (χ0n) is 14.8. The van der Waals surface area contributed by atoms with E-state index in [9.17, 15) is 18.5 Å². The number of morpholine rings is 1. The SMILES string of the molecule is CC1(C)CN(c2ccc(S(C)(=O)=O)cc2[N+](=O)[O-])CC2(CCCC2)O1. The molecule has 1 heterocycles. The zero-order valence-corrected chi connectivity index (χ0v) is 15.6. The second-order valence-corrected chi connectivity index (χ2v) is 9.80. The summed E-state index contributed by atoms with van der Waals surface area (Å²) in [6.45, 7) is 5.11. The van der Waals surface area contributed by atoms with Crippen LogP contribution in [0.5, 0.6) is 0 Å². The Bertz CT molecular complexity index is 797. The van der Waals surface area contributed by atoms with E-state index in [1.807, 2.05) is 18.7 Å². The number of hydrogen-bond donors (Lipinski definition) is 0. The van der Waals surface area contributed by atoms with Crippen LogP contribution in [0.15, 0.2) is 23.1 Å². The minimum Gasteiger partial charge on any atom is -0.365 e. The average Bonchev–Trinajstić information content (AvgIpc) is 2.91. The quantitative estimate of drug-likeness (QED) is 0.602. The number of nitro benzene ring substituents is 1. The largest absolute Gasteiger partial charge is 0.365 e. The van der Waals surface area contributed by atoms with Crippen LogP contribution < -0.4 is 4.90 Å². The number of nitro groups is 1. The first-order chi connectivity index (χ1) is 11.5. The van der Waals surface area contributed by atoms with Crippen LogP contribution in [0.2, 0.25) is 0 Å². The molecule has 1 spiro atoms.